The van der Waals surface area contributed by atoms with E-state index in [0.29, 0.717) is 16.6 Å². The number of amides is 1. The van der Waals surface area contributed by atoms with E-state index < -0.39 is 0 Å². The van der Waals surface area contributed by atoms with E-state index in [1.54, 1.807) is 6.92 Å². The van der Waals surface area contributed by atoms with Crippen molar-refractivity contribution in [1.82, 2.24) is 14.5 Å². The number of aromatic nitrogens is 2. The Morgan fingerprint density at radius 2 is 1.92 bits per heavy atom. The molecule has 1 aromatic heterocycles. The second-order valence-electron chi connectivity index (χ2n) is 5.97. The van der Waals surface area contributed by atoms with Crippen LogP contribution in [0.2, 0.25) is 0 Å². The molecule has 126 valence electrons. The van der Waals surface area contributed by atoms with Crippen molar-refractivity contribution in [2.24, 2.45) is 0 Å². The largest absolute Gasteiger partial charge is 0.341 e. The molecule has 1 aliphatic heterocycles. The maximum atomic E-state index is 12.4. The predicted octanol–water partition coefficient (Wildman–Crippen LogP) is 2.47. The zero-order chi connectivity index (χ0) is 16.9. The van der Waals surface area contributed by atoms with Crippen LogP contribution in [0.3, 0.4) is 0 Å². The van der Waals surface area contributed by atoms with Crippen molar-refractivity contribution in [2.45, 2.75) is 37.2 Å². The smallest absolute Gasteiger partial charge is 0.254 e. The highest BCUT2D eigenvalue weighted by molar-refractivity contribution is 7.98. The van der Waals surface area contributed by atoms with Crippen LogP contribution in [0.15, 0.2) is 46.3 Å². The lowest BCUT2D eigenvalue weighted by atomic mass is 10.2. The molecule has 2 aromatic rings. The number of thioether (sulfide) groups is 1. The molecule has 0 saturated carbocycles. The number of nitrogens with zero attached hydrogens (tertiary/aromatic N) is 3. The second-order valence-corrected chi connectivity index (χ2v) is 6.91. The molecule has 0 N–H and O–H groups in total. The summed E-state index contributed by atoms with van der Waals surface area (Å²) in [5.41, 5.74) is 1.68. The van der Waals surface area contributed by atoms with Crippen molar-refractivity contribution < 1.29 is 4.79 Å². The molecular weight excluding hydrogens is 322 g/mol. The van der Waals surface area contributed by atoms with Crippen LogP contribution in [0.1, 0.15) is 24.1 Å². The Morgan fingerprint density at radius 3 is 2.62 bits per heavy atom. The number of hydrogen-bond acceptors (Lipinski definition) is 4. The van der Waals surface area contributed by atoms with Crippen molar-refractivity contribution in [2.75, 3.05) is 13.1 Å². The predicted molar refractivity (Wildman–Crippen MR) is 95.1 cm³/mol. The molecule has 1 amide bonds. The van der Waals surface area contributed by atoms with E-state index in [1.165, 1.54) is 22.4 Å². The van der Waals surface area contributed by atoms with E-state index in [0.717, 1.165) is 31.5 Å². The normalized spacial score (nSPS) is 14.1. The van der Waals surface area contributed by atoms with Crippen molar-refractivity contribution in [3.63, 3.8) is 0 Å². The zero-order valence-electron chi connectivity index (χ0n) is 13.8. The van der Waals surface area contributed by atoms with Crippen molar-refractivity contribution in [1.29, 1.82) is 0 Å². The van der Waals surface area contributed by atoms with Crippen LogP contribution in [-0.4, -0.2) is 33.4 Å². The third-order valence-electron chi connectivity index (χ3n) is 4.06. The summed E-state index contributed by atoms with van der Waals surface area (Å²) in [5.74, 6) is 0.719. The first-order valence-electron chi connectivity index (χ1n) is 8.16. The fraction of sp³-hybridized carbons (Fsp3) is 0.389. The fourth-order valence-corrected chi connectivity index (χ4v) is 3.78. The van der Waals surface area contributed by atoms with Gasteiger partial charge in [-0.05, 0) is 25.3 Å². The minimum Gasteiger partial charge on any atom is -0.341 e. The summed E-state index contributed by atoms with van der Waals surface area (Å²) in [5, 5.41) is 0.608. The summed E-state index contributed by atoms with van der Waals surface area (Å²) in [4.78, 5) is 31.1. The van der Waals surface area contributed by atoms with Crippen molar-refractivity contribution in [3.05, 3.63) is 58.0 Å². The van der Waals surface area contributed by atoms with Crippen LogP contribution in [0.25, 0.3) is 0 Å². The quantitative estimate of drug-likeness (QED) is 0.618. The molecule has 2 heterocycles. The lowest BCUT2D eigenvalue weighted by molar-refractivity contribution is -0.130. The van der Waals surface area contributed by atoms with Gasteiger partial charge >= 0.3 is 0 Å². The van der Waals surface area contributed by atoms with E-state index >= 15 is 0 Å². The van der Waals surface area contributed by atoms with Crippen LogP contribution in [-0.2, 0) is 17.1 Å². The minimum atomic E-state index is -0.161. The Hall–Kier alpha value is -2.08. The highest BCUT2D eigenvalue weighted by atomic mass is 32.2. The maximum absolute atomic E-state index is 12.4. The number of hydrogen-bond donors (Lipinski definition) is 0. The van der Waals surface area contributed by atoms with Crippen molar-refractivity contribution in [3.8, 4) is 0 Å². The number of aryl methyl sites for hydroxylation is 1. The SMILES string of the molecule is Cc1cc(=O)n(CC(=O)N2CCCC2)c(SCc2ccccc2)n1. The van der Waals surface area contributed by atoms with Gasteiger partial charge in [0.25, 0.3) is 5.56 Å². The third-order valence-corrected chi connectivity index (χ3v) is 5.11. The zero-order valence-corrected chi connectivity index (χ0v) is 14.6. The molecule has 1 saturated heterocycles. The van der Waals surface area contributed by atoms with Gasteiger partial charge in [0.15, 0.2) is 5.16 Å². The average Bonchev–Trinajstić information content (AvgIpc) is 3.11. The summed E-state index contributed by atoms with van der Waals surface area (Å²) in [6.45, 7) is 3.46. The topological polar surface area (TPSA) is 55.2 Å². The molecule has 0 aliphatic carbocycles. The molecule has 0 radical (unpaired) electrons. The molecule has 24 heavy (non-hydrogen) atoms. The van der Waals surface area contributed by atoms with Gasteiger partial charge in [0.2, 0.25) is 5.91 Å². The van der Waals surface area contributed by atoms with E-state index in [9.17, 15) is 9.59 Å². The first-order valence-corrected chi connectivity index (χ1v) is 9.15. The van der Waals surface area contributed by atoms with E-state index in [-0.39, 0.29) is 18.0 Å². The first-order chi connectivity index (χ1) is 11.6. The highest BCUT2D eigenvalue weighted by Crippen LogP contribution is 2.20. The monoisotopic (exact) mass is 343 g/mol. The molecule has 6 heteroatoms. The number of carbonyl (C=O) groups excluding carboxylic acids is 1. The summed E-state index contributed by atoms with van der Waals surface area (Å²) < 4.78 is 1.50. The summed E-state index contributed by atoms with van der Waals surface area (Å²) in [6.07, 6.45) is 2.09. The number of rotatable bonds is 5. The van der Waals surface area contributed by atoms with E-state index in [2.05, 4.69) is 4.98 Å². The van der Waals surface area contributed by atoms with Crippen LogP contribution in [0.4, 0.5) is 0 Å². The summed E-state index contributed by atoms with van der Waals surface area (Å²) >= 11 is 1.49. The Bertz CT molecular complexity index is 768. The average molecular weight is 343 g/mol. The molecule has 5 nitrogen and oxygen atoms in total. The van der Waals surface area contributed by atoms with Crippen LogP contribution >= 0.6 is 11.8 Å². The van der Waals surface area contributed by atoms with E-state index in [4.69, 9.17) is 0 Å². The molecular formula is C18H21N3O2S. The van der Waals surface area contributed by atoms with Gasteiger partial charge in [-0.15, -0.1) is 0 Å². The Kier molecular flexibility index (Phi) is 5.35. The van der Waals surface area contributed by atoms with Crippen LogP contribution < -0.4 is 5.56 Å². The van der Waals surface area contributed by atoms with Gasteiger partial charge < -0.3 is 4.90 Å². The van der Waals surface area contributed by atoms with Gasteiger partial charge in [0, 0.05) is 30.6 Å². The molecule has 3 rings (SSSR count). The Morgan fingerprint density at radius 1 is 1.21 bits per heavy atom. The molecule has 1 fully saturated rings. The molecule has 1 aliphatic rings. The molecule has 1 aromatic carbocycles. The summed E-state index contributed by atoms with van der Waals surface area (Å²) in [6, 6.07) is 11.5. The lowest BCUT2D eigenvalue weighted by Gasteiger charge is -2.17. The number of likely N-dealkylation sites (tertiary alicyclic amines) is 1. The van der Waals surface area contributed by atoms with Gasteiger partial charge in [-0.25, -0.2) is 4.98 Å². The standard InChI is InChI=1S/C18H21N3O2S/c1-14-11-16(22)21(12-17(23)20-9-5-6-10-20)18(19-14)24-13-15-7-3-2-4-8-15/h2-4,7-8,11H,5-6,9-10,12-13H2,1H3. The summed E-state index contributed by atoms with van der Waals surface area (Å²) in [7, 11) is 0. The van der Waals surface area contributed by atoms with Gasteiger partial charge in [0.1, 0.15) is 6.54 Å². The van der Waals surface area contributed by atoms with Gasteiger partial charge in [0.05, 0.1) is 0 Å². The third kappa shape index (κ3) is 4.06. The Balaban J connectivity index is 1.79. The van der Waals surface area contributed by atoms with Crippen LogP contribution in [0, 0.1) is 6.92 Å². The molecule has 0 unspecified atom stereocenters. The fourth-order valence-electron chi connectivity index (χ4n) is 2.77. The first kappa shape index (κ1) is 16.8. The molecule has 0 atom stereocenters. The second kappa shape index (κ2) is 7.66. The number of carbonyl (C=O) groups is 1. The molecule has 0 bridgehead atoms. The number of benzene rings is 1. The van der Waals surface area contributed by atoms with Gasteiger partial charge in [-0.3, -0.25) is 14.2 Å². The molecule has 0 spiro atoms. The minimum absolute atomic E-state index is 0.00168. The highest BCUT2D eigenvalue weighted by Gasteiger charge is 2.20. The van der Waals surface area contributed by atoms with E-state index in [1.807, 2.05) is 35.2 Å². The lowest BCUT2D eigenvalue weighted by Crippen LogP contribution is -2.35. The van der Waals surface area contributed by atoms with Crippen molar-refractivity contribution >= 4 is 17.7 Å². The Labute approximate surface area is 145 Å². The van der Waals surface area contributed by atoms with Gasteiger partial charge in [-0.2, -0.15) is 0 Å². The van der Waals surface area contributed by atoms with Crippen LogP contribution in [0.5, 0.6) is 0 Å². The maximum Gasteiger partial charge on any atom is 0.254 e. The van der Waals surface area contributed by atoms with Gasteiger partial charge in [-0.1, -0.05) is 42.1 Å².